The smallest absolute Gasteiger partial charge is 0.145 e. The summed E-state index contributed by atoms with van der Waals surface area (Å²) in [5.41, 5.74) is 5.58. The summed E-state index contributed by atoms with van der Waals surface area (Å²) in [6.45, 7) is 4.11. The molecule has 88 valence electrons. The quantitative estimate of drug-likeness (QED) is 0.800. The van der Waals surface area contributed by atoms with Crippen molar-refractivity contribution in [3.63, 3.8) is 0 Å². The number of hydrogen-bond acceptors (Lipinski definition) is 4. The highest BCUT2D eigenvalue weighted by atomic mass is 16.5. The number of nitrogens with two attached hydrogens (primary N) is 1. The number of nitrogen functional groups attached to an aromatic ring is 1. The molecule has 2 saturated heterocycles. The van der Waals surface area contributed by atoms with E-state index in [2.05, 4.69) is 10.00 Å². The number of aromatic nitrogens is 2. The summed E-state index contributed by atoms with van der Waals surface area (Å²) in [4.78, 5) is 2.48. The van der Waals surface area contributed by atoms with Crippen LogP contribution in [0.4, 0.5) is 5.82 Å². The third kappa shape index (κ3) is 2.05. The summed E-state index contributed by atoms with van der Waals surface area (Å²) in [5.74, 6) is 0.599. The van der Waals surface area contributed by atoms with E-state index in [1.165, 1.54) is 12.8 Å². The lowest BCUT2D eigenvalue weighted by molar-refractivity contribution is -0.0392. The number of rotatable bonds is 3. The van der Waals surface area contributed by atoms with Crippen LogP contribution in [0.1, 0.15) is 12.8 Å². The van der Waals surface area contributed by atoms with Crippen LogP contribution < -0.4 is 5.73 Å². The molecule has 0 spiro atoms. The van der Waals surface area contributed by atoms with Crippen LogP contribution in [-0.2, 0) is 11.3 Å². The second kappa shape index (κ2) is 4.07. The molecule has 0 aromatic carbocycles. The molecule has 2 aliphatic rings. The van der Waals surface area contributed by atoms with Crippen LogP contribution in [0.2, 0.25) is 0 Å². The van der Waals surface area contributed by atoms with E-state index in [4.69, 9.17) is 10.5 Å². The highest BCUT2D eigenvalue weighted by Gasteiger charge is 2.33. The summed E-state index contributed by atoms with van der Waals surface area (Å²) >= 11 is 0. The third-order valence-electron chi connectivity index (χ3n) is 3.43. The van der Waals surface area contributed by atoms with Gasteiger partial charge in [0.05, 0.1) is 18.8 Å². The number of nitrogens with zero attached hydrogens (tertiary/aromatic N) is 3. The fourth-order valence-corrected chi connectivity index (χ4v) is 2.63. The van der Waals surface area contributed by atoms with Crippen molar-refractivity contribution in [2.45, 2.75) is 31.6 Å². The predicted molar refractivity (Wildman–Crippen MR) is 61.0 cm³/mol. The zero-order valence-corrected chi connectivity index (χ0v) is 9.38. The molecule has 2 N–H and O–H groups in total. The predicted octanol–water partition coefficient (Wildman–Crippen LogP) is 0.329. The van der Waals surface area contributed by atoms with Crippen molar-refractivity contribution in [1.29, 1.82) is 0 Å². The van der Waals surface area contributed by atoms with Gasteiger partial charge in [0.1, 0.15) is 5.82 Å². The van der Waals surface area contributed by atoms with Crippen molar-refractivity contribution >= 4 is 5.82 Å². The first kappa shape index (κ1) is 10.1. The lowest BCUT2D eigenvalue weighted by atomic mass is 10.2. The molecule has 5 nitrogen and oxygen atoms in total. The lowest BCUT2D eigenvalue weighted by Gasteiger charge is -2.31. The Bertz CT molecular complexity index is 353. The zero-order valence-electron chi connectivity index (χ0n) is 9.38. The van der Waals surface area contributed by atoms with Crippen LogP contribution in [0.5, 0.6) is 0 Å². The minimum Gasteiger partial charge on any atom is -0.382 e. The van der Waals surface area contributed by atoms with Gasteiger partial charge < -0.3 is 10.5 Å². The second-order valence-electron chi connectivity index (χ2n) is 4.72. The number of likely N-dealkylation sites (tertiary alicyclic amines) is 1. The van der Waals surface area contributed by atoms with Crippen LogP contribution >= 0.6 is 0 Å². The molecule has 2 unspecified atom stereocenters. The summed E-state index contributed by atoms with van der Waals surface area (Å²) in [6.07, 6.45) is 5.35. The lowest BCUT2D eigenvalue weighted by Crippen LogP contribution is -2.43. The molecular formula is C11H18N4O. The van der Waals surface area contributed by atoms with Gasteiger partial charge in [-0.15, -0.1) is 0 Å². The van der Waals surface area contributed by atoms with Crippen molar-refractivity contribution < 1.29 is 4.74 Å². The summed E-state index contributed by atoms with van der Waals surface area (Å²) < 4.78 is 7.71. The Morgan fingerprint density at radius 3 is 2.69 bits per heavy atom. The van der Waals surface area contributed by atoms with E-state index in [0.29, 0.717) is 18.0 Å². The van der Waals surface area contributed by atoms with E-state index in [9.17, 15) is 0 Å². The molecule has 0 aliphatic carbocycles. The van der Waals surface area contributed by atoms with Crippen LogP contribution in [0, 0.1) is 0 Å². The number of fused-ring (bicyclic) bond motifs is 2. The zero-order chi connectivity index (χ0) is 11.0. The molecule has 0 saturated carbocycles. The molecule has 0 amide bonds. The number of hydrogen-bond donors (Lipinski definition) is 1. The molecule has 1 aromatic rings. The van der Waals surface area contributed by atoms with E-state index in [0.717, 1.165) is 26.2 Å². The van der Waals surface area contributed by atoms with E-state index in [1.54, 1.807) is 0 Å². The minimum absolute atomic E-state index is 0.474. The Morgan fingerprint density at radius 1 is 1.31 bits per heavy atom. The van der Waals surface area contributed by atoms with Gasteiger partial charge in [-0.2, -0.15) is 5.10 Å². The Hall–Kier alpha value is -1.07. The van der Waals surface area contributed by atoms with E-state index in [1.807, 2.05) is 16.9 Å². The molecule has 5 heteroatoms. The molecule has 0 radical (unpaired) electrons. The average molecular weight is 222 g/mol. The van der Waals surface area contributed by atoms with Crippen molar-refractivity contribution in [3.05, 3.63) is 12.3 Å². The highest BCUT2D eigenvalue weighted by Crippen LogP contribution is 2.25. The fraction of sp³-hybridized carbons (Fsp3) is 0.727. The van der Waals surface area contributed by atoms with Crippen molar-refractivity contribution in [2.24, 2.45) is 0 Å². The van der Waals surface area contributed by atoms with Gasteiger partial charge >= 0.3 is 0 Å². The van der Waals surface area contributed by atoms with E-state index < -0.39 is 0 Å². The van der Waals surface area contributed by atoms with E-state index in [-0.39, 0.29) is 0 Å². The van der Waals surface area contributed by atoms with Crippen LogP contribution in [0.3, 0.4) is 0 Å². The molecule has 2 fully saturated rings. The minimum atomic E-state index is 0.474. The Kier molecular flexibility index (Phi) is 2.57. The maximum atomic E-state index is 5.80. The molecule has 1 aromatic heterocycles. The molecule has 3 heterocycles. The molecular weight excluding hydrogens is 204 g/mol. The van der Waals surface area contributed by atoms with Crippen LogP contribution in [-0.4, -0.2) is 46.5 Å². The standard InChI is InChI=1S/C11H18N4O/c12-11-3-4-15(13-11)6-5-14-7-9-1-2-10(8-14)16-9/h3-4,9-10H,1-2,5-8H2,(H2,12,13). The van der Waals surface area contributed by atoms with Gasteiger partial charge in [0.15, 0.2) is 0 Å². The SMILES string of the molecule is Nc1ccn(CCN2CC3CCC(C2)O3)n1. The van der Waals surface area contributed by atoms with Gasteiger partial charge in [-0.05, 0) is 18.9 Å². The maximum Gasteiger partial charge on any atom is 0.145 e. The van der Waals surface area contributed by atoms with Gasteiger partial charge in [0, 0.05) is 25.8 Å². The van der Waals surface area contributed by atoms with Gasteiger partial charge in [-0.1, -0.05) is 0 Å². The summed E-state index contributed by atoms with van der Waals surface area (Å²) in [5, 5.41) is 4.19. The number of morpholine rings is 1. The average Bonchev–Trinajstić information content (AvgIpc) is 2.83. The third-order valence-corrected chi connectivity index (χ3v) is 3.43. The highest BCUT2D eigenvalue weighted by molar-refractivity contribution is 5.23. The van der Waals surface area contributed by atoms with Crippen molar-refractivity contribution in [3.8, 4) is 0 Å². The summed E-state index contributed by atoms with van der Waals surface area (Å²) in [6, 6.07) is 1.84. The molecule has 2 bridgehead atoms. The first-order valence-electron chi connectivity index (χ1n) is 5.96. The first-order chi connectivity index (χ1) is 7.79. The Balaban J connectivity index is 1.52. The molecule has 16 heavy (non-hydrogen) atoms. The van der Waals surface area contributed by atoms with Crippen molar-refractivity contribution in [1.82, 2.24) is 14.7 Å². The Labute approximate surface area is 95.2 Å². The monoisotopic (exact) mass is 222 g/mol. The number of ether oxygens (including phenoxy) is 1. The molecule has 3 rings (SSSR count). The van der Waals surface area contributed by atoms with Gasteiger partial charge in [-0.25, -0.2) is 0 Å². The van der Waals surface area contributed by atoms with Gasteiger partial charge in [-0.3, -0.25) is 9.58 Å². The molecule has 2 atom stereocenters. The second-order valence-corrected chi connectivity index (χ2v) is 4.72. The first-order valence-corrected chi connectivity index (χ1v) is 5.96. The topological polar surface area (TPSA) is 56.3 Å². The largest absolute Gasteiger partial charge is 0.382 e. The number of anilines is 1. The van der Waals surface area contributed by atoms with Gasteiger partial charge in [0.2, 0.25) is 0 Å². The summed E-state index contributed by atoms with van der Waals surface area (Å²) in [7, 11) is 0. The maximum absolute atomic E-state index is 5.80. The fourth-order valence-electron chi connectivity index (χ4n) is 2.63. The van der Waals surface area contributed by atoms with Crippen LogP contribution in [0.25, 0.3) is 0 Å². The van der Waals surface area contributed by atoms with Crippen molar-refractivity contribution in [2.75, 3.05) is 25.4 Å². The van der Waals surface area contributed by atoms with Gasteiger partial charge in [0.25, 0.3) is 0 Å². The van der Waals surface area contributed by atoms with Crippen LogP contribution in [0.15, 0.2) is 12.3 Å². The Morgan fingerprint density at radius 2 is 2.06 bits per heavy atom. The molecule has 2 aliphatic heterocycles. The normalized spacial score (nSPS) is 29.8. The van der Waals surface area contributed by atoms with E-state index >= 15 is 0 Å².